The maximum Gasteiger partial charge on any atom is 0.122 e. The minimum atomic E-state index is 0.569. The van der Waals surface area contributed by atoms with Crippen molar-refractivity contribution in [2.24, 2.45) is 5.92 Å². The smallest absolute Gasteiger partial charge is 0.122 e. The zero-order valence-corrected chi connectivity index (χ0v) is 9.12. The Morgan fingerprint density at radius 2 is 2.40 bits per heavy atom. The summed E-state index contributed by atoms with van der Waals surface area (Å²) in [4.78, 5) is 0. The van der Waals surface area contributed by atoms with Gasteiger partial charge < -0.3 is 15.8 Å². The number of hydrogen-bond acceptors (Lipinski definition) is 3. The Kier molecular flexibility index (Phi) is 3.11. The van der Waals surface area contributed by atoms with Gasteiger partial charge in [0.05, 0.1) is 6.61 Å². The summed E-state index contributed by atoms with van der Waals surface area (Å²) < 4.78 is 5.69. The number of nitrogens with one attached hydrogen (secondary N) is 1. The maximum absolute atomic E-state index is 5.76. The van der Waals surface area contributed by atoms with Crippen LogP contribution in [0.3, 0.4) is 0 Å². The Balaban J connectivity index is 2.05. The number of fused-ring (bicyclic) bond motifs is 1. The van der Waals surface area contributed by atoms with Gasteiger partial charge >= 0.3 is 0 Å². The molecule has 3 N–H and O–H groups in total. The van der Waals surface area contributed by atoms with E-state index in [0.29, 0.717) is 5.92 Å². The van der Waals surface area contributed by atoms with E-state index in [9.17, 15) is 0 Å². The third-order valence-corrected chi connectivity index (χ3v) is 2.75. The molecular formula is C12H18N2O. The fourth-order valence-corrected chi connectivity index (χ4v) is 1.96. The average Bonchev–Trinajstić information content (AvgIpc) is 2.25. The fraction of sp³-hybridized carbons (Fsp3) is 0.500. The molecule has 0 spiro atoms. The highest BCUT2D eigenvalue weighted by atomic mass is 16.5. The lowest BCUT2D eigenvalue weighted by Crippen LogP contribution is -2.31. The highest BCUT2D eigenvalue weighted by molar-refractivity contribution is 5.48. The van der Waals surface area contributed by atoms with E-state index in [4.69, 9.17) is 10.5 Å². The second kappa shape index (κ2) is 4.53. The van der Waals surface area contributed by atoms with Crippen molar-refractivity contribution in [3.05, 3.63) is 23.8 Å². The van der Waals surface area contributed by atoms with Crippen LogP contribution < -0.4 is 15.8 Å². The van der Waals surface area contributed by atoms with E-state index >= 15 is 0 Å². The van der Waals surface area contributed by atoms with Crippen molar-refractivity contribution >= 4 is 5.69 Å². The third-order valence-electron chi connectivity index (χ3n) is 2.75. The van der Waals surface area contributed by atoms with Gasteiger partial charge in [-0.05, 0) is 36.7 Å². The first-order valence-electron chi connectivity index (χ1n) is 5.51. The van der Waals surface area contributed by atoms with Crippen LogP contribution in [0.25, 0.3) is 0 Å². The van der Waals surface area contributed by atoms with E-state index in [-0.39, 0.29) is 0 Å². The van der Waals surface area contributed by atoms with Crippen LogP contribution in [0.5, 0.6) is 5.75 Å². The second-order valence-corrected chi connectivity index (χ2v) is 4.06. The number of hydrogen-bond donors (Lipinski definition) is 2. The second-order valence-electron chi connectivity index (χ2n) is 4.06. The molecular weight excluding hydrogens is 188 g/mol. The largest absolute Gasteiger partial charge is 0.493 e. The van der Waals surface area contributed by atoms with E-state index in [2.05, 4.69) is 12.2 Å². The van der Waals surface area contributed by atoms with Gasteiger partial charge in [0.2, 0.25) is 0 Å². The zero-order valence-electron chi connectivity index (χ0n) is 9.12. The lowest BCUT2D eigenvalue weighted by atomic mass is 9.96. The van der Waals surface area contributed by atoms with Crippen LogP contribution in [0.15, 0.2) is 18.2 Å². The molecule has 15 heavy (non-hydrogen) atoms. The third kappa shape index (κ3) is 2.42. The molecule has 0 aliphatic carbocycles. The summed E-state index contributed by atoms with van der Waals surface area (Å²) in [6.45, 7) is 4.96. The van der Waals surface area contributed by atoms with Gasteiger partial charge in [-0.3, -0.25) is 0 Å². The number of anilines is 1. The molecule has 1 atom stereocenters. The van der Waals surface area contributed by atoms with Crippen LogP contribution in [-0.2, 0) is 6.42 Å². The van der Waals surface area contributed by atoms with Crippen LogP contribution in [0, 0.1) is 5.92 Å². The molecule has 0 saturated heterocycles. The van der Waals surface area contributed by atoms with E-state index in [1.807, 2.05) is 18.2 Å². The standard InChI is InChI=1S/C12H18N2O/c1-2-14-7-9-5-10-6-11(13)3-4-12(10)15-8-9/h3-4,6,9,14H,2,5,7-8,13H2,1H3. The van der Waals surface area contributed by atoms with E-state index in [0.717, 1.165) is 37.6 Å². The molecule has 1 aliphatic heterocycles. The Morgan fingerprint density at radius 1 is 1.53 bits per heavy atom. The molecule has 1 heterocycles. The molecule has 0 fully saturated rings. The highest BCUT2D eigenvalue weighted by Crippen LogP contribution is 2.28. The predicted octanol–water partition coefficient (Wildman–Crippen LogP) is 1.43. The van der Waals surface area contributed by atoms with E-state index < -0.39 is 0 Å². The summed E-state index contributed by atoms with van der Waals surface area (Å²) in [5.74, 6) is 1.57. The molecule has 0 bridgehead atoms. The molecule has 82 valence electrons. The predicted molar refractivity (Wildman–Crippen MR) is 62.1 cm³/mol. The van der Waals surface area contributed by atoms with Crippen molar-refractivity contribution in [2.45, 2.75) is 13.3 Å². The molecule has 1 aromatic rings. The first kappa shape index (κ1) is 10.3. The summed E-state index contributed by atoms with van der Waals surface area (Å²) in [6, 6.07) is 5.88. The molecule has 1 aliphatic rings. The first-order valence-corrected chi connectivity index (χ1v) is 5.51. The van der Waals surface area contributed by atoms with Crippen molar-refractivity contribution in [3.63, 3.8) is 0 Å². The number of nitrogen functional groups attached to an aromatic ring is 1. The van der Waals surface area contributed by atoms with Crippen molar-refractivity contribution in [2.75, 3.05) is 25.4 Å². The molecule has 3 nitrogen and oxygen atoms in total. The summed E-state index contributed by atoms with van der Waals surface area (Å²) in [7, 11) is 0. The highest BCUT2D eigenvalue weighted by Gasteiger charge is 2.19. The summed E-state index contributed by atoms with van der Waals surface area (Å²) >= 11 is 0. The molecule has 2 rings (SSSR count). The minimum absolute atomic E-state index is 0.569. The monoisotopic (exact) mass is 206 g/mol. The molecule has 0 saturated carbocycles. The molecule has 0 amide bonds. The summed E-state index contributed by atoms with van der Waals surface area (Å²) in [5.41, 5.74) is 7.82. The fourth-order valence-electron chi connectivity index (χ4n) is 1.96. The molecule has 1 unspecified atom stereocenters. The van der Waals surface area contributed by atoms with E-state index in [1.54, 1.807) is 0 Å². The Bertz CT molecular complexity index is 338. The van der Waals surface area contributed by atoms with Gasteiger partial charge in [-0.25, -0.2) is 0 Å². The van der Waals surface area contributed by atoms with E-state index in [1.165, 1.54) is 5.56 Å². The molecule has 1 aromatic carbocycles. The molecule has 0 aromatic heterocycles. The van der Waals surface area contributed by atoms with Crippen LogP contribution in [-0.4, -0.2) is 19.7 Å². The SMILES string of the molecule is CCNCC1COc2ccc(N)cc2C1. The lowest BCUT2D eigenvalue weighted by Gasteiger charge is -2.25. The Morgan fingerprint density at radius 3 is 3.20 bits per heavy atom. The van der Waals surface area contributed by atoms with Crippen molar-refractivity contribution < 1.29 is 4.74 Å². The van der Waals surface area contributed by atoms with Crippen LogP contribution >= 0.6 is 0 Å². The zero-order chi connectivity index (χ0) is 10.7. The number of rotatable bonds is 3. The van der Waals surface area contributed by atoms with Gasteiger partial charge in [0, 0.05) is 18.2 Å². The van der Waals surface area contributed by atoms with Gasteiger partial charge in [0.1, 0.15) is 5.75 Å². The van der Waals surface area contributed by atoms with Gasteiger partial charge in [0.15, 0.2) is 0 Å². The lowest BCUT2D eigenvalue weighted by molar-refractivity contribution is 0.219. The Labute approximate surface area is 90.6 Å². The number of ether oxygens (including phenoxy) is 1. The van der Waals surface area contributed by atoms with Gasteiger partial charge in [-0.15, -0.1) is 0 Å². The molecule has 0 radical (unpaired) electrons. The van der Waals surface area contributed by atoms with Crippen LogP contribution in [0.4, 0.5) is 5.69 Å². The van der Waals surface area contributed by atoms with Crippen LogP contribution in [0.1, 0.15) is 12.5 Å². The van der Waals surface area contributed by atoms with Crippen LogP contribution in [0.2, 0.25) is 0 Å². The average molecular weight is 206 g/mol. The summed E-state index contributed by atoms with van der Waals surface area (Å²) in [5, 5.41) is 3.35. The van der Waals surface area contributed by atoms with Gasteiger partial charge in [-0.1, -0.05) is 6.92 Å². The van der Waals surface area contributed by atoms with Gasteiger partial charge in [0.25, 0.3) is 0 Å². The Hall–Kier alpha value is -1.22. The van der Waals surface area contributed by atoms with Gasteiger partial charge in [-0.2, -0.15) is 0 Å². The number of benzene rings is 1. The number of nitrogens with two attached hydrogens (primary N) is 1. The summed E-state index contributed by atoms with van der Waals surface area (Å²) in [6.07, 6.45) is 1.06. The van der Waals surface area contributed by atoms with Crippen molar-refractivity contribution in [1.29, 1.82) is 0 Å². The van der Waals surface area contributed by atoms with Crippen molar-refractivity contribution in [3.8, 4) is 5.75 Å². The van der Waals surface area contributed by atoms with Crippen molar-refractivity contribution in [1.82, 2.24) is 5.32 Å². The maximum atomic E-state index is 5.76. The minimum Gasteiger partial charge on any atom is -0.493 e. The quantitative estimate of drug-likeness (QED) is 0.735. The first-order chi connectivity index (χ1) is 7.29. The molecule has 3 heteroatoms. The topological polar surface area (TPSA) is 47.3 Å². The normalized spacial score (nSPS) is 19.4.